The Labute approximate surface area is 175 Å². The van der Waals surface area contributed by atoms with Crippen LogP contribution in [0.1, 0.15) is 39.2 Å². The molecule has 0 saturated heterocycles. The van der Waals surface area contributed by atoms with E-state index in [1.807, 2.05) is 13.8 Å². The number of rotatable bonds is 8. The van der Waals surface area contributed by atoms with Crippen molar-refractivity contribution in [3.8, 4) is 0 Å². The Morgan fingerprint density at radius 1 is 1.23 bits per heavy atom. The van der Waals surface area contributed by atoms with Crippen molar-refractivity contribution in [1.82, 2.24) is 10.6 Å². The predicted molar refractivity (Wildman–Crippen MR) is 110 cm³/mol. The van der Waals surface area contributed by atoms with Gasteiger partial charge in [0.1, 0.15) is 6.73 Å². The smallest absolute Gasteiger partial charge is 0.336 e. The molecule has 2 rings (SSSR count). The van der Waals surface area contributed by atoms with Gasteiger partial charge in [-0.25, -0.2) is 4.79 Å². The Morgan fingerprint density at radius 3 is 2.50 bits per heavy atom. The highest BCUT2D eigenvalue weighted by molar-refractivity contribution is 6.02. The first kappa shape index (κ1) is 23.1. The lowest BCUT2D eigenvalue weighted by atomic mass is 9.80. The molecule has 1 aromatic rings. The predicted octanol–water partition coefficient (Wildman–Crippen LogP) is 2.75. The molecule has 0 bridgehead atoms. The van der Waals surface area contributed by atoms with Crippen molar-refractivity contribution in [3.63, 3.8) is 0 Å². The van der Waals surface area contributed by atoms with Gasteiger partial charge in [-0.15, -0.1) is 0 Å². The van der Waals surface area contributed by atoms with Gasteiger partial charge in [-0.2, -0.15) is 0 Å². The SMILES string of the molecule is COCNC(=O)C1=C(C)NC(C)=C(C(=O)OCC(C)C)C1c1cccc([N+](=O)[O-])c1. The monoisotopic (exact) mass is 417 g/mol. The zero-order chi connectivity index (χ0) is 22.4. The molecule has 0 aromatic heterocycles. The number of amides is 1. The number of methoxy groups -OCH3 is 1. The number of nitrogens with zero attached hydrogens (tertiary/aromatic N) is 1. The first-order valence-corrected chi connectivity index (χ1v) is 9.54. The van der Waals surface area contributed by atoms with Crippen molar-refractivity contribution >= 4 is 17.6 Å². The summed E-state index contributed by atoms with van der Waals surface area (Å²) in [7, 11) is 1.44. The topological polar surface area (TPSA) is 120 Å². The zero-order valence-corrected chi connectivity index (χ0v) is 17.8. The third-order valence-corrected chi connectivity index (χ3v) is 4.56. The quantitative estimate of drug-likeness (QED) is 0.289. The number of ether oxygens (including phenoxy) is 2. The molecule has 1 aliphatic heterocycles. The van der Waals surface area contributed by atoms with Crippen LogP contribution in [0.25, 0.3) is 0 Å². The Bertz CT molecular complexity index is 904. The van der Waals surface area contributed by atoms with Crippen molar-refractivity contribution in [2.75, 3.05) is 20.4 Å². The molecule has 0 saturated carbocycles. The molecular formula is C21H27N3O6. The fraction of sp³-hybridized carbons (Fsp3) is 0.429. The molecule has 9 nitrogen and oxygen atoms in total. The molecule has 1 aromatic carbocycles. The van der Waals surface area contributed by atoms with Crippen LogP contribution in [0.2, 0.25) is 0 Å². The highest BCUT2D eigenvalue weighted by Gasteiger charge is 2.37. The number of hydrogen-bond acceptors (Lipinski definition) is 7. The summed E-state index contributed by atoms with van der Waals surface area (Å²) in [6, 6.07) is 5.92. The van der Waals surface area contributed by atoms with E-state index in [9.17, 15) is 19.7 Å². The van der Waals surface area contributed by atoms with Gasteiger partial charge in [-0.3, -0.25) is 14.9 Å². The molecule has 1 unspecified atom stereocenters. The summed E-state index contributed by atoms with van der Waals surface area (Å²) in [5, 5.41) is 17.0. The van der Waals surface area contributed by atoms with Gasteiger partial charge < -0.3 is 20.1 Å². The van der Waals surface area contributed by atoms with Crippen molar-refractivity contribution in [3.05, 3.63) is 62.5 Å². The minimum atomic E-state index is -0.831. The summed E-state index contributed by atoms with van der Waals surface area (Å²) >= 11 is 0. The maximum atomic E-state index is 13.0. The van der Waals surface area contributed by atoms with Gasteiger partial charge in [-0.05, 0) is 25.3 Å². The number of non-ortho nitro benzene ring substituents is 1. The number of carbonyl (C=O) groups excluding carboxylic acids is 2. The first-order valence-electron chi connectivity index (χ1n) is 9.54. The molecule has 162 valence electrons. The fourth-order valence-corrected chi connectivity index (χ4v) is 3.27. The van der Waals surface area contributed by atoms with E-state index in [0.717, 1.165) is 0 Å². The second-order valence-corrected chi connectivity index (χ2v) is 7.42. The fourth-order valence-electron chi connectivity index (χ4n) is 3.27. The van der Waals surface area contributed by atoms with Crippen molar-refractivity contribution < 1.29 is 24.0 Å². The Hall–Kier alpha value is -3.20. The van der Waals surface area contributed by atoms with E-state index in [1.54, 1.807) is 19.9 Å². The highest BCUT2D eigenvalue weighted by Crippen LogP contribution is 2.39. The molecule has 0 aliphatic carbocycles. The number of benzene rings is 1. The van der Waals surface area contributed by atoms with Gasteiger partial charge in [0.15, 0.2) is 0 Å². The average molecular weight is 417 g/mol. The van der Waals surface area contributed by atoms with E-state index in [2.05, 4.69) is 10.6 Å². The number of carbonyl (C=O) groups is 2. The molecule has 1 heterocycles. The molecule has 1 atom stereocenters. The lowest BCUT2D eigenvalue weighted by molar-refractivity contribution is -0.384. The third-order valence-electron chi connectivity index (χ3n) is 4.56. The van der Waals surface area contributed by atoms with Gasteiger partial charge in [0.25, 0.3) is 11.6 Å². The largest absolute Gasteiger partial charge is 0.462 e. The maximum Gasteiger partial charge on any atom is 0.336 e. The van der Waals surface area contributed by atoms with Crippen LogP contribution in [0.5, 0.6) is 0 Å². The van der Waals surface area contributed by atoms with Crippen molar-refractivity contribution in [2.45, 2.75) is 33.6 Å². The zero-order valence-electron chi connectivity index (χ0n) is 17.8. The average Bonchev–Trinajstić information content (AvgIpc) is 2.69. The molecule has 0 spiro atoms. The standard InChI is InChI=1S/C21H27N3O6/c1-12(2)10-30-21(26)18-14(4)23-13(3)17(20(25)22-11-29-5)19(18)15-7-6-8-16(9-15)24(27)28/h6-9,12,19,23H,10-11H2,1-5H3,(H,22,25). The molecule has 9 heteroatoms. The number of esters is 1. The van der Waals surface area contributed by atoms with Crippen LogP contribution in [0.15, 0.2) is 46.8 Å². The van der Waals surface area contributed by atoms with E-state index < -0.39 is 22.7 Å². The van der Waals surface area contributed by atoms with Crippen molar-refractivity contribution in [2.24, 2.45) is 5.92 Å². The normalized spacial score (nSPS) is 16.4. The lowest BCUT2D eigenvalue weighted by Crippen LogP contribution is -2.37. The van der Waals surface area contributed by atoms with E-state index in [4.69, 9.17) is 9.47 Å². The summed E-state index contributed by atoms with van der Waals surface area (Å²) in [4.78, 5) is 36.7. The minimum absolute atomic E-state index is 0.0207. The van der Waals surface area contributed by atoms with Gasteiger partial charge in [0, 0.05) is 36.2 Å². The number of allylic oxidation sites excluding steroid dienone is 2. The van der Waals surface area contributed by atoms with Gasteiger partial charge in [0.05, 0.1) is 23.0 Å². The van der Waals surface area contributed by atoms with Crippen LogP contribution >= 0.6 is 0 Å². The van der Waals surface area contributed by atoms with E-state index in [1.165, 1.54) is 25.3 Å². The van der Waals surface area contributed by atoms with Gasteiger partial charge in [0.2, 0.25) is 0 Å². The maximum absolute atomic E-state index is 13.0. The Balaban J connectivity index is 2.60. The minimum Gasteiger partial charge on any atom is -0.462 e. The van der Waals surface area contributed by atoms with Crippen LogP contribution < -0.4 is 10.6 Å². The molecule has 2 N–H and O–H groups in total. The van der Waals surface area contributed by atoms with Crippen LogP contribution in [-0.4, -0.2) is 37.2 Å². The third kappa shape index (κ3) is 5.24. The number of nitro groups is 1. The summed E-state index contributed by atoms with van der Waals surface area (Å²) in [6.45, 7) is 7.45. The van der Waals surface area contributed by atoms with Crippen LogP contribution in [0.4, 0.5) is 5.69 Å². The summed E-state index contributed by atoms with van der Waals surface area (Å²) in [6.07, 6.45) is 0. The number of nitro benzene ring substituents is 1. The molecule has 0 fully saturated rings. The van der Waals surface area contributed by atoms with E-state index >= 15 is 0 Å². The summed E-state index contributed by atoms with van der Waals surface area (Å²) in [5.74, 6) is -1.72. The van der Waals surface area contributed by atoms with Gasteiger partial charge in [-0.1, -0.05) is 26.0 Å². The van der Waals surface area contributed by atoms with E-state index in [-0.39, 0.29) is 36.1 Å². The molecule has 30 heavy (non-hydrogen) atoms. The second kappa shape index (κ2) is 10.0. The van der Waals surface area contributed by atoms with Crippen molar-refractivity contribution in [1.29, 1.82) is 0 Å². The molecule has 1 amide bonds. The summed E-state index contributed by atoms with van der Waals surface area (Å²) in [5.41, 5.74) is 1.90. The Morgan fingerprint density at radius 2 is 1.90 bits per heavy atom. The molecule has 0 radical (unpaired) electrons. The molecular weight excluding hydrogens is 390 g/mol. The second-order valence-electron chi connectivity index (χ2n) is 7.42. The number of nitrogens with one attached hydrogen (secondary N) is 2. The van der Waals surface area contributed by atoms with Crippen LogP contribution in [0, 0.1) is 16.0 Å². The Kier molecular flexibility index (Phi) is 7.71. The first-order chi connectivity index (χ1) is 14.2. The van der Waals surface area contributed by atoms with Gasteiger partial charge >= 0.3 is 5.97 Å². The number of hydrogen-bond donors (Lipinski definition) is 2. The van der Waals surface area contributed by atoms with Crippen LogP contribution in [-0.2, 0) is 19.1 Å². The summed E-state index contributed by atoms with van der Waals surface area (Å²) < 4.78 is 10.4. The lowest BCUT2D eigenvalue weighted by Gasteiger charge is -2.31. The van der Waals surface area contributed by atoms with Crippen LogP contribution in [0.3, 0.4) is 0 Å². The number of dihydropyridines is 1. The molecule has 1 aliphatic rings. The van der Waals surface area contributed by atoms with E-state index in [0.29, 0.717) is 17.0 Å². The highest BCUT2D eigenvalue weighted by atomic mass is 16.6.